The van der Waals surface area contributed by atoms with Gasteiger partial charge in [0.2, 0.25) is 10.0 Å². The molecule has 8 heteroatoms. The van der Waals surface area contributed by atoms with Crippen molar-refractivity contribution in [1.29, 1.82) is 0 Å². The molecular weight excluding hydrogens is 362 g/mol. The van der Waals surface area contributed by atoms with Gasteiger partial charge in [-0.2, -0.15) is 4.31 Å². The molecule has 1 heterocycles. The van der Waals surface area contributed by atoms with Crippen molar-refractivity contribution in [1.82, 2.24) is 4.31 Å². The molecular formula is C18H18F2N2O3S. The number of carbonyl (C=O) groups excluding carboxylic acids is 1. The molecule has 1 N–H and O–H groups in total. The Labute approximate surface area is 150 Å². The summed E-state index contributed by atoms with van der Waals surface area (Å²) in [6.07, 6.45) is 1.59. The van der Waals surface area contributed by atoms with Gasteiger partial charge in [0.05, 0.1) is 4.90 Å². The van der Waals surface area contributed by atoms with Crippen molar-refractivity contribution in [3.8, 4) is 0 Å². The molecule has 0 aromatic heterocycles. The van der Waals surface area contributed by atoms with E-state index >= 15 is 0 Å². The van der Waals surface area contributed by atoms with Crippen LogP contribution in [-0.4, -0.2) is 31.7 Å². The summed E-state index contributed by atoms with van der Waals surface area (Å²) in [5.41, 5.74) is -0.0164. The van der Waals surface area contributed by atoms with E-state index in [4.69, 9.17) is 0 Å². The van der Waals surface area contributed by atoms with E-state index in [1.807, 2.05) is 0 Å². The van der Waals surface area contributed by atoms with Crippen LogP contribution in [0.2, 0.25) is 0 Å². The topological polar surface area (TPSA) is 66.5 Å². The standard InChI is InChI=1S/C18H18F2N2O3S/c1-12-7-8-13(26(24,25)22-9-2-3-10-22)11-14(12)18(23)21-17-15(19)5-4-6-16(17)20/h4-8,11H,2-3,9-10H2,1H3,(H,21,23). The Morgan fingerprint density at radius 3 is 2.31 bits per heavy atom. The second-order valence-electron chi connectivity index (χ2n) is 6.14. The Morgan fingerprint density at radius 2 is 1.69 bits per heavy atom. The number of benzene rings is 2. The van der Waals surface area contributed by atoms with Crippen LogP contribution in [0.15, 0.2) is 41.3 Å². The normalized spacial score (nSPS) is 15.2. The van der Waals surface area contributed by atoms with Crippen LogP contribution < -0.4 is 5.32 Å². The van der Waals surface area contributed by atoms with E-state index < -0.39 is 33.3 Å². The summed E-state index contributed by atoms with van der Waals surface area (Å²) in [5, 5.41) is 2.19. The third kappa shape index (κ3) is 3.47. The van der Waals surface area contributed by atoms with Crippen LogP contribution >= 0.6 is 0 Å². The molecule has 26 heavy (non-hydrogen) atoms. The Hall–Kier alpha value is -2.32. The lowest BCUT2D eigenvalue weighted by molar-refractivity contribution is 0.102. The fourth-order valence-corrected chi connectivity index (χ4v) is 4.43. The number of anilines is 1. The maximum atomic E-state index is 13.7. The minimum absolute atomic E-state index is 0.0100. The quantitative estimate of drug-likeness (QED) is 0.885. The van der Waals surface area contributed by atoms with Gasteiger partial charge in [0, 0.05) is 18.7 Å². The van der Waals surface area contributed by atoms with Crippen molar-refractivity contribution in [3.63, 3.8) is 0 Å². The van der Waals surface area contributed by atoms with E-state index in [0.29, 0.717) is 18.7 Å². The highest BCUT2D eigenvalue weighted by molar-refractivity contribution is 7.89. The van der Waals surface area contributed by atoms with E-state index in [1.54, 1.807) is 6.92 Å². The summed E-state index contributed by atoms with van der Waals surface area (Å²) >= 11 is 0. The number of sulfonamides is 1. The number of hydrogen-bond donors (Lipinski definition) is 1. The van der Waals surface area contributed by atoms with Gasteiger partial charge in [-0.25, -0.2) is 17.2 Å². The highest BCUT2D eigenvalue weighted by Crippen LogP contribution is 2.24. The minimum atomic E-state index is -3.70. The molecule has 0 aliphatic carbocycles. The number of halogens is 2. The van der Waals surface area contributed by atoms with Gasteiger partial charge in [-0.15, -0.1) is 0 Å². The summed E-state index contributed by atoms with van der Waals surface area (Å²) in [5.74, 6) is -2.58. The number of carbonyl (C=O) groups is 1. The summed E-state index contributed by atoms with van der Waals surface area (Å²) in [6, 6.07) is 7.44. The Morgan fingerprint density at radius 1 is 1.08 bits per heavy atom. The van der Waals surface area contributed by atoms with Gasteiger partial charge >= 0.3 is 0 Å². The first kappa shape index (κ1) is 18.5. The van der Waals surface area contributed by atoms with Crippen molar-refractivity contribution in [3.05, 3.63) is 59.2 Å². The first-order valence-electron chi connectivity index (χ1n) is 8.17. The smallest absolute Gasteiger partial charge is 0.256 e. The monoisotopic (exact) mass is 380 g/mol. The third-order valence-electron chi connectivity index (χ3n) is 4.36. The van der Waals surface area contributed by atoms with E-state index in [0.717, 1.165) is 25.0 Å². The first-order valence-corrected chi connectivity index (χ1v) is 9.61. The fraction of sp³-hybridized carbons (Fsp3) is 0.278. The van der Waals surface area contributed by atoms with Gasteiger partial charge in [0.25, 0.3) is 5.91 Å². The van der Waals surface area contributed by atoms with Gasteiger partial charge in [-0.3, -0.25) is 4.79 Å². The van der Waals surface area contributed by atoms with Crippen LogP contribution in [0.3, 0.4) is 0 Å². The maximum absolute atomic E-state index is 13.7. The molecule has 0 unspecified atom stereocenters. The number of aryl methyl sites for hydroxylation is 1. The Balaban J connectivity index is 1.94. The van der Waals surface area contributed by atoms with Gasteiger partial charge in [0.1, 0.15) is 17.3 Å². The van der Waals surface area contributed by atoms with Gasteiger partial charge in [-0.05, 0) is 49.6 Å². The van der Waals surface area contributed by atoms with Gasteiger partial charge in [0.15, 0.2) is 0 Å². The average molecular weight is 380 g/mol. The second kappa shape index (κ2) is 7.13. The minimum Gasteiger partial charge on any atom is -0.317 e. The predicted octanol–water partition coefficient (Wildman–Crippen LogP) is 3.31. The lowest BCUT2D eigenvalue weighted by Gasteiger charge is -2.17. The van der Waals surface area contributed by atoms with E-state index in [9.17, 15) is 22.0 Å². The van der Waals surface area contributed by atoms with Crippen LogP contribution in [0.1, 0.15) is 28.8 Å². The molecule has 3 rings (SSSR count). The Bertz CT molecular complexity index is 935. The second-order valence-corrected chi connectivity index (χ2v) is 8.08. The predicted molar refractivity (Wildman–Crippen MR) is 93.5 cm³/mol. The number of nitrogens with one attached hydrogen (secondary N) is 1. The summed E-state index contributed by atoms with van der Waals surface area (Å²) < 4.78 is 54.2. The third-order valence-corrected chi connectivity index (χ3v) is 6.25. The molecule has 2 aromatic rings. The van der Waals surface area contributed by atoms with Crippen molar-refractivity contribution in [2.75, 3.05) is 18.4 Å². The highest BCUT2D eigenvalue weighted by atomic mass is 32.2. The van der Waals surface area contributed by atoms with E-state index in [2.05, 4.69) is 5.32 Å². The molecule has 5 nitrogen and oxygen atoms in total. The zero-order chi connectivity index (χ0) is 18.9. The lowest BCUT2D eigenvalue weighted by atomic mass is 10.1. The summed E-state index contributed by atoms with van der Waals surface area (Å²) in [7, 11) is -3.70. The number of para-hydroxylation sites is 1. The zero-order valence-electron chi connectivity index (χ0n) is 14.1. The Kier molecular flexibility index (Phi) is 5.06. The van der Waals surface area contributed by atoms with Gasteiger partial charge < -0.3 is 5.32 Å². The summed E-state index contributed by atoms with van der Waals surface area (Å²) in [4.78, 5) is 12.5. The van der Waals surface area contributed by atoms with E-state index in [1.165, 1.54) is 28.6 Å². The molecule has 0 atom stereocenters. The van der Waals surface area contributed by atoms with Crippen molar-refractivity contribution in [2.45, 2.75) is 24.7 Å². The van der Waals surface area contributed by atoms with Crippen molar-refractivity contribution < 1.29 is 22.0 Å². The van der Waals surface area contributed by atoms with E-state index in [-0.39, 0.29) is 10.5 Å². The van der Waals surface area contributed by atoms with Crippen molar-refractivity contribution >= 4 is 21.6 Å². The molecule has 1 aliphatic rings. The molecule has 1 saturated heterocycles. The van der Waals surface area contributed by atoms with Crippen LogP contribution in [0.25, 0.3) is 0 Å². The fourth-order valence-electron chi connectivity index (χ4n) is 2.88. The number of amides is 1. The summed E-state index contributed by atoms with van der Waals surface area (Å²) in [6.45, 7) is 2.51. The number of nitrogens with zero attached hydrogens (tertiary/aromatic N) is 1. The molecule has 0 radical (unpaired) electrons. The largest absolute Gasteiger partial charge is 0.317 e. The zero-order valence-corrected chi connectivity index (χ0v) is 14.9. The molecule has 1 amide bonds. The van der Waals surface area contributed by atoms with Crippen LogP contribution in [0.5, 0.6) is 0 Å². The van der Waals surface area contributed by atoms with Crippen molar-refractivity contribution in [2.24, 2.45) is 0 Å². The molecule has 1 aliphatic heterocycles. The van der Waals surface area contributed by atoms with Crippen LogP contribution in [0.4, 0.5) is 14.5 Å². The molecule has 0 bridgehead atoms. The molecule has 0 spiro atoms. The maximum Gasteiger partial charge on any atom is 0.256 e. The number of hydrogen-bond acceptors (Lipinski definition) is 3. The van der Waals surface area contributed by atoms with Crippen LogP contribution in [0, 0.1) is 18.6 Å². The first-order chi connectivity index (χ1) is 12.3. The van der Waals surface area contributed by atoms with Gasteiger partial charge in [-0.1, -0.05) is 12.1 Å². The molecule has 138 valence electrons. The SMILES string of the molecule is Cc1ccc(S(=O)(=O)N2CCCC2)cc1C(=O)Nc1c(F)cccc1F. The van der Waals surface area contributed by atoms with Crippen LogP contribution in [-0.2, 0) is 10.0 Å². The highest BCUT2D eigenvalue weighted by Gasteiger charge is 2.28. The molecule has 1 fully saturated rings. The molecule has 0 saturated carbocycles. The number of rotatable bonds is 4. The lowest BCUT2D eigenvalue weighted by Crippen LogP contribution is -2.28. The molecule has 2 aromatic carbocycles. The average Bonchev–Trinajstić information content (AvgIpc) is 3.14.